The first-order valence-electron chi connectivity index (χ1n) is 10.4. The number of aromatic nitrogens is 1. The van der Waals surface area contributed by atoms with Crippen LogP contribution in [0.15, 0.2) is 34.9 Å². The van der Waals surface area contributed by atoms with E-state index >= 15 is 0 Å². The molecule has 0 saturated heterocycles. The summed E-state index contributed by atoms with van der Waals surface area (Å²) in [5.41, 5.74) is 5.26. The van der Waals surface area contributed by atoms with E-state index in [4.69, 9.17) is 4.52 Å². The molecule has 0 bridgehead atoms. The van der Waals surface area contributed by atoms with Gasteiger partial charge >= 0.3 is 0 Å². The minimum Gasteiger partial charge on any atom is -0.508 e. The van der Waals surface area contributed by atoms with Gasteiger partial charge in [0.25, 0.3) is 5.91 Å². The Balaban J connectivity index is 1.92. The first-order chi connectivity index (χ1) is 14.8. The van der Waals surface area contributed by atoms with Crippen LogP contribution in [0.4, 0.5) is 0 Å². The zero-order chi connectivity index (χ0) is 22.3. The second-order valence-corrected chi connectivity index (χ2v) is 8.37. The standard InChI is InChI=1S/C24H27N3O4/c1-13(2)17-10-18(20(29)11-19(17)28)22-21(23(31-26-22)24(30)25-3)15-5-6-16-12-27(4)8-7-14(16)9-15/h5-6,9-11,13,28-29H,7-8,12H2,1-4H3,(H,25,30). The SMILES string of the molecule is CNC(=O)c1onc(-c2cc(C(C)C)c(O)cc2O)c1-c1ccc2c(c1)CCN(C)C2. The van der Waals surface area contributed by atoms with Crippen LogP contribution in [-0.4, -0.2) is 46.8 Å². The Kier molecular flexibility index (Phi) is 5.45. The number of likely N-dealkylation sites (N-methyl/N-ethyl adjacent to an activating group) is 1. The lowest BCUT2D eigenvalue weighted by atomic mass is 9.91. The van der Waals surface area contributed by atoms with Gasteiger partial charge in [-0.1, -0.05) is 37.2 Å². The average molecular weight is 421 g/mol. The highest BCUT2D eigenvalue weighted by molar-refractivity contribution is 6.02. The minimum absolute atomic E-state index is 0.0192. The van der Waals surface area contributed by atoms with E-state index in [-0.39, 0.29) is 23.2 Å². The normalized spacial score (nSPS) is 14.0. The lowest BCUT2D eigenvalue weighted by Gasteiger charge is -2.25. The number of fused-ring (bicyclic) bond motifs is 1. The van der Waals surface area contributed by atoms with Crippen molar-refractivity contribution < 1.29 is 19.5 Å². The predicted octanol–water partition coefficient (Wildman–Crippen LogP) is 3.89. The Hall–Kier alpha value is -3.32. The fourth-order valence-corrected chi connectivity index (χ4v) is 4.11. The second-order valence-electron chi connectivity index (χ2n) is 8.37. The maximum absolute atomic E-state index is 12.5. The van der Waals surface area contributed by atoms with Gasteiger partial charge in [-0.05, 0) is 47.7 Å². The highest BCUT2D eigenvalue weighted by Gasteiger charge is 2.27. The van der Waals surface area contributed by atoms with Gasteiger partial charge in [0.2, 0.25) is 5.76 Å². The van der Waals surface area contributed by atoms with Gasteiger partial charge in [-0.3, -0.25) is 4.79 Å². The van der Waals surface area contributed by atoms with Crippen molar-refractivity contribution in [2.24, 2.45) is 0 Å². The number of benzene rings is 2. The molecule has 0 saturated carbocycles. The summed E-state index contributed by atoms with van der Waals surface area (Å²) in [4.78, 5) is 14.8. The van der Waals surface area contributed by atoms with Gasteiger partial charge in [0.05, 0.1) is 5.56 Å². The van der Waals surface area contributed by atoms with Crippen LogP contribution in [-0.2, 0) is 13.0 Å². The van der Waals surface area contributed by atoms with Crippen molar-refractivity contribution in [1.29, 1.82) is 0 Å². The van der Waals surface area contributed by atoms with E-state index in [1.54, 1.807) is 6.07 Å². The monoisotopic (exact) mass is 421 g/mol. The summed E-state index contributed by atoms with van der Waals surface area (Å²) in [5.74, 6) is -0.378. The molecule has 0 radical (unpaired) electrons. The molecule has 1 aliphatic heterocycles. The van der Waals surface area contributed by atoms with Crippen LogP contribution in [0.5, 0.6) is 11.5 Å². The molecular formula is C24H27N3O4. The fourth-order valence-electron chi connectivity index (χ4n) is 4.11. The molecule has 7 nitrogen and oxygen atoms in total. The second kappa shape index (κ2) is 8.07. The smallest absolute Gasteiger partial charge is 0.290 e. The van der Waals surface area contributed by atoms with E-state index in [0.717, 1.165) is 25.1 Å². The molecule has 0 aliphatic carbocycles. The molecule has 7 heteroatoms. The van der Waals surface area contributed by atoms with Gasteiger partial charge in [-0.15, -0.1) is 0 Å². The molecule has 0 fully saturated rings. The summed E-state index contributed by atoms with van der Waals surface area (Å²) < 4.78 is 5.46. The molecule has 0 atom stereocenters. The third kappa shape index (κ3) is 3.77. The molecule has 4 rings (SSSR count). The Morgan fingerprint density at radius 3 is 2.65 bits per heavy atom. The Labute approximate surface area is 181 Å². The van der Waals surface area contributed by atoms with Crippen LogP contribution in [0.25, 0.3) is 22.4 Å². The Morgan fingerprint density at radius 1 is 1.16 bits per heavy atom. The molecule has 1 aliphatic rings. The number of phenols is 2. The lowest BCUT2D eigenvalue weighted by molar-refractivity contribution is 0.0927. The number of aromatic hydroxyl groups is 2. The largest absolute Gasteiger partial charge is 0.508 e. The average Bonchev–Trinajstić information content (AvgIpc) is 3.17. The maximum atomic E-state index is 12.5. The summed E-state index contributed by atoms with van der Waals surface area (Å²) in [5, 5.41) is 27.6. The first kappa shape index (κ1) is 20.9. The van der Waals surface area contributed by atoms with Crippen molar-refractivity contribution >= 4 is 5.91 Å². The third-order valence-corrected chi connectivity index (χ3v) is 5.85. The van der Waals surface area contributed by atoms with Gasteiger partial charge < -0.3 is 25.0 Å². The van der Waals surface area contributed by atoms with Crippen molar-refractivity contribution in [3.8, 4) is 33.9 Å². The van der Waals surface area contributed by atoms with Crippen LogP contribution in [0.3, 0.4) is 0 Å². The quantitative estimate of drug-likeness (QED) is 0.591. The molecule has 1 amide bonds. The molecule has 3 N–H and O–H groups in total. The number of rotatable bonds is 4. The molecule has 162 valence electrons. The molecule has 2 heterocycles. The van der Waals surface area contributed by atoms with Crippen molar-refractivity contribution in [2.45, 2.75) is 32.7 Å². The van der Waals surface area contributed by atoms with Crippen molar-refractivity contribution in [3.63, 3.8) is 0 Å². The van der Waals surface area contributed by atoms with Crippen LogP contribution >= 0.6 is 0 Å². The number of nitrogens with zero attached hydrogens (tertiary/aromatic N) is 2. The first-order valence-corrected chi connectivity index (χ1v) is 10.4. The number of hydrogen-bond acceptors (Lipinski definition) is 6. The van der Waals surface area contributed by atoms with Crippen LogP contribution < -0.4 is 5.32 Å². The van der Waals surface area contributed by atoms with Gasteiger partial charge in [0.1, 0.15) is 17.2 Å². The minimum atomic E-state index is -0.395. The number of carbonyl (C=O) groups is 1. The Bertz CT molecular complexity index is 1150. The van der Waals surface area contributed by atoms with Crippen LogP contribution in [0.1, 0.15) is 47.0 Å². The highest BCUT2D eigenvalue weighted by atomic mass is 16.5. The van der Waals surface area contributed by atoms with E-state index in [1.165, 1.54) is 24.2 Å². The van der Waals surface area contributed by atoms with Gasteiger partial charge in [-0.25, -0.2) is 0 Å². The lowest BCUT2D eigenvalue weighted by Crippen LogP contribution is -2.26. The molecular weight excluding hydrogens is 394 g/mol. The topological polar surface area (TPSA) is 98.8 Å². The maximum Gasteiger partial charge on any atom is 0.290 e. The summed E-state index contributed by atoms with van der Waals surface area (Å²) >= 11 is 0. The number of carbonyl (C=O) groups excluding carboxylic acids is 1. The number of nitrogens with one attached hydrogen (secondary N) is 1. The van der Waals surface area contributed by atoms with Crippen LogP contribution in [0.2, 0.25) is 0 Å². The zero-order valence-electron chi connectivity index (χ0n) is 18.2. The fraction of sp³-hybridized carbons (Fsp3) is 0.333. The van der Waals surface area contributed by atoms with Gasteiger partial charge in [0, 0.05) is 31.8 Å². The number of amides is 1. The highest BCUT2D eigenvalue weighted by Crippen LogP contribution is 2.43. The van der Waals surface area contributed by atoms with Gasteiger partial charge in [0.15, 0.2) is 0 Å². The molecule has 31 heavy (non-hydrogen) atoms. The summed E-state index contributed by atoms with van der Waals surface area (Å²) in [7, 11) is 3.63. The van der Waals surface area contributed by atoms with E-state index in [0.29, 0.717) is 22.4 Å². The van der Waals surface area contributed by atoms with E-state index in [9.17, 15) is 15.0 Å². The van der Waals surface area contributed by atoms with Crippen LogP contribution in [0, 0.1) is 0 Å². The molecule has 0 unspecified atom stereocenters. The van der Waals surface area contributed by atoms with Crippen molar-refractivity contribution in [1.82, 2.24) is 15.4 Å². The van der Waals surface area contributed by atoms with E-state index in [1.807, 2.05) is 19.9 Å². The number of hydrogen-bond donors (Lipinski definition) is 3. The van der Waals surface area contributed by atoms with Crippen molar-refractivity contribution in [3.05, 3.63) is 52.8 Å². The molecule has 0 spiro atoms. The van der Waals surface area contributed by atoms with Gasteiger partial charge in [-0.2, -0.15) is 0 Å². The van der Waals surface area contributed by atoms with Crippen molar-refractivity contribution in [2.75, 3.05) is 20.6 Å². The zero-order valence-corrected chi connectivity index (χ0v) is 18.2. The molecule has 3 aromatic rings. The third-order valence-electron chi connectivity index (χ3n) is 5.85. The summed E-state index contributed by atoms with van der Waals surface area (Å²) in [6, 6.07) is 9.12. The summed E-state index contributed by atoms with van der Waals surface area (Å²) in [6.45, 7) is 5.75. The molecule has 2 aromatic carbocycles. The molecule has 1 aromatic heterocycles. The van der Waals surface area contributed by atoms with E-state index < -0.39 is 5.91 Å². The summed E-state index contributed by atoms with van der Waals surface area (Å²) in [6.07, 6.45) is 0.914. The predicted molar refractivity (Wildman–Crippen MR) is 118 cm³/mol. The number of phenolic OH excluding ortho intramolecular Hbond substituents is 2. The van der Waals surface area contributed by atoms with E-state index in [2.05, 4.69) is 34.6 Å². The Morgan fingerprint density at radius 2 is 1.94 bits per heavy atom.